The second-order valence-corrected chi connectivity index (χ2v) is 22.7. The van der Waals surface area contributed by atoms with Crippen LogP contribution in [-0.2, 0) is 33.2 Å². The minimum Gasteiger partial charge on any atom is -0.432 e. The molecule has 8 rings (SSSR count). The van der Waals surface area contributed by atoms with E-state index in [9.17, 15) is 61.0 Å². The maximum atomic E-state index is 14.7. The summed E-state index contributed by atoms with van der Waals surface area (Å²) in [5.74, 6) is -1.02. The van der Waals surface area contributed by atoms with Gasteiger partial charge in [-0.05, 0) is 104 Å². The van der Waals surface area contributed by atoms with Gasteiger partial charge in [0.15, 0.2) is 12.6 Å². The van der Waals surface area contributed by atoms with Crippen molar-refractivity contribution >= 4 is 5.97 Å². The Hall–Kier alpha value is -1.43. The van der Waals surface area contributed by atoms with E-state index in [2.05, 4.69) is 40.7 Å². The third-order valence-electron chi connectivity index (χ3n) is 19.3. The molecule has 18 nitrogen and oxygen atoms in total. The Morgan fingerprint density at radius 2 is 1.31 bits per heavy atom. The van der Waals surface area contributed by atoms with E-state index in [-0.39, 0.29) is 41.3 Å². The van der Waals surface area contributed by atoms with E-state index in [4.69, 9.17) is 28.4 Å². The molecule has 0 aromatic carbocycles. The van der Waals surface area contributed by atoms with Gasteiger partial charge >= 0.3 is 5.97 Å². The van der Waals surface area contributed by atoms with Crippen molar-refractivity contribution < 1.29 is 89.4 Å². The van der Waals surface area contributed by atoms with Crippen LogP contribution in [0.25, 0.3) is 0 Å². The number of carbonyl (C=O) groups excluding carboxylic acids is 1. The fourth-order valence-electron chi connectivity index (χ4n) is 15.0. The summed E-state index contributed by atoms with van der Waals surface area (Å²) in [5.41, 5.74) is -2.68. The third-order valence-corrected chi connectivity index (χ3v) is 19.3. The van der Waals surface area contributed by atoms with Crippen molar-refractivity contribution in [2.45, 2.75) is 204 Å². The van der Waals surface area contributed by atoms with Gasteiger partial charge in [-0.25, -0.2) is 0 Å². The summed E-state index contributed by atoms with van der Waals surface area (Å²) >= 11 is 0. The van der Waals surface area contributed by atoms with Crippen LogP contribution in [0, 0.1) is 50.7 Å². The van der Waals surface area contributed by atoms with Crippen LogP contribution in [0.4, 0.5) is 0 Å². The largest absolute Gasteiger partial charge is 0.432 e. The monoisotopic (exact) mass is 929 g/mol. The maximum absolute atomic E-state index is 14.7. The van der Waals surface area contributed by atoms with Crippen LogP contribution in [0.3, 0.4) is 0 Å². The molecule has 7 fully saturated rings. The highest BCUT2D eigenvalue weighted by Crippen LogP contribution is 2.76. The molecule has 18 heteroatoms. The van der Waals surface area contributed by atoms with Gasteiger partial charge in [-0.1, -0.05) is 53.2 Å². The second-order valence-electron chi connectivity index (χ2n) is 22.7. The van der Waals surface area contributed by atoms with Crippen LogP contribution >= 0.6 is 0 Å². The van der Waals surface area contributed by atoms with E-state index in [1.54, 1.807) is 0 Å². The minimum atomic E-state index is -1.75. The summed E-state index contributed by atoms with van der Waals surface area (Å²) in [6, 6.07) is 0. The average molecular weight is 929 g/mol. The molecule has 8 aliphatic rings. The first-order valence-corrected chi connectivity index (χ1v) is 23.9. The predicted molar refractivity (Wildman–Crippen MR) is 226 cm³/mol. The topological polar surface area (TPSA) is 295 Å². The number of fused-ring (bicyclic) bond motifs is 7. The lowest BCUT2D eigenvalue weighted by Gasteiger charge is -2.72. The van der Waals surface area contributed by atoms with E-state index < -0.39 is 133 Å². The summed E-state index contributed by atoms with van der Waals surface area (Å²) in [7, 11) is 0. The van der Waals surface area contributed by atoms with E-state index in [0.717, 1.165) is 24.8 Å². The van der Waals surface area contributed by atoms with Crippen LogP contribution in [0.15, 0.2) is 11.6 Å². The summed E-state index contributed by atoms with van der Waals surface area (Å²) in [4.78, 5) is 14.7. The van der Waals surface area contributed by atoms with E-state index >= 15 is 0 Å². The molecule has 372 valence electrons. The van der Waals surface area contributed by atoms with Gasteiger partial charge in [-0.3, -0.25) is 4.79 Å². The molecule has 0 aromatic heterocycles. The van der Waals surface area contributed by atoms with Crippen LogP contribution < -0.4 is 0 Å². The zero-order valence-corrected chi connectivity index (χ0v) is 38.8. The number of rotatable bonds is 8. The van der Waals surface area contributed by atoms with Gasteiger partial charge in [0, 0.05) is 5.92 Å². The van der Waals surface area contributed by atoms with Crippen LogP contribution in [-0.4, -0.2) is 180 Å². The molecule has 11 N–H and O–H groups in total. The van der Waals surface area contributed by atoms with Crippen molar-refractivity contribution in [3.8, 4) is 0 Å². The van der Waals surface area contributed by atoms with Crippen molar-refractivity contribution in [1.29, 1.82) is 0 Å². The Morgan fingerprint density at radius 3 is 1.94 bits per heavy atom. The van der Waals surface area contributed by atoms with Crippen molar-refractivity contribution in [3.63, 3.8) is 0 Å². The van der Waals surface area contributed by atoms with Gasteiger partial charge in [-0.2, -0.15) is 0 Å². The molecule has 3 aliphatic heterocycles. The molecule has 3 heterocycles. The molecule has 24 atom stereocenters. The number of carbonyl (C=O) groups is 1. The third kappa shape index (κ3) is 7.53. The highest BCUT2D eigenvalue weighted by molar-refractivity contribution is 5.79. The van der Waals surface area contributed by atoms with Crippen LogP contribution in [0.2, 0.25) is 0 Å². The SMILES string of the molecule is CC1CC[C@]2(C(=O)OC3OC(CO)C(O)C(O)C3O)CC[C@]3(C)C(=CCC4[C@@]5(C)CCC(OC6OCC(O)C(OC7OC(CO)C(O)C(O)C7O)C6O)C(C)(C)C5CC[C@]43C)C2[C@]1(C)O. The van der Waals surface area contributed by atoms with Crippen molar-refractivity contribution in [1.82, 2.24) is 0 Å². The fraction of sp³-hybridized carbons (Fsp3) is 0.936. The van der Waals surface area contributed by atoms with E-state index in [1.807, 2.05) is 13.8 Å². The van der Waals surface area contributed by atoms with E-state index in [1.165, 1.54) is 0 Å². The summed E-state index contributed by atoms with van der Waals surface area (Å²) in [5, 5.41) is 117. The van der Waals surface area contributed by atoms with Gasteiger partial charge in [0.1, 0.15) is 67.1 Å². The number of hydrogen-bond acceptors (Lipinski definition) is 18. The summed E-state index contributed by atoms with van der Waals surface area (Å²) in [6.07, 6.45) is -13.4. The molecule has 65 heavy (non-hydrogen) atoms. The van der Waals surface area contributed by atoms with Crippen molar-refractivity contribution in [2.24, 2.45) is 50.7 Å². The Balaban J connectivity index is 1.02. The lowest BCUT2D eigenvalue weighted by atomic mass is 9.33. The first kappa shape index (κ1) is 50.0. The highest BCUT2D eigenvalue weighted by atomic mass is 16.7. The first-order chi connectivity index (χ1) is 30.3. The number of hydrogen-bond donors (Lipinski definition) is 11. The minimum absolute atomic E-state index is 0.150. The van der Waals surface area contributed by atoms with Crippen LogP contribution in [0.1, 0.15) is 106 Å². The molecule has 4 saturated carbocycles. The van der Waals surface area contributed by atoms with Gasteiger partial charge in [-0.15, -0.1) is 0 Å². The summed E-state index contributed by atoms with van der Waals surface area (Å²) in [6.45, 7) is 13.7. The van der Waals surface area contributed by atoms with Gasteiger partial charge in [0.25, 0.3) is 0 Å². The van der Waals surface area contributed by atoms with Gasteiger partial charge in [0.2, 0.25) is 6.29 Å². The predicted octanol–water partition coefficient (Wildman–Crippen LogP) is -0.250. The molecule has 0 spiro atoms. The van der Waals surface area contributed by atoms with Crippen LogP contribution in [0.5, 0.6) is 0 Å². The normalized spacial score (nSPS) is 55.4. The molecule has 0 aromatic rings. The Kier molecular flexibility index (Phi) is 13.4. The molecule has 5 aliphatic carbocycles. The average Bonchev–Trinajstić information content (AvgIpc) is 3.25. The van der Waals surface area contributed by atoms with Gasteiger partial charge in [0.05, 0.1) is 36.9 Å². The number of aliphatic hydroxyl groups excluding tert-OH is 10. The van der Waals surface area contributed by atoms with Crippen molar-refractivity contribution in [2.75, 3.05) is 19.8 Å². The number of aliphatic hydroxyl groups is 11. The van der Waals surface area contributed by atoms with Crippen molar-refractivity contribution in [3.05, 3.63) is 11.6 Å². The molecular weight excluding hydrogens is 852 g/mol. The molecule has 0 amide bonds. The second kappa shape index (κ2) is 17.5. The molecule has 19 unspecified atom stereocenters. The molecule has 0 radical (unpaired) electrons. The Labute approximate surface area is 380 Å². The standard InChI is InChI=1S/C47H76O18/c1-21-10-15-47(41(58)65-40-34(56)32(54)30(52)25(19-49)62-40)17-16-44(5)22(37(47)46(21,7)59)8-9-27-43(4)13-12-28(42(2,3)26(43)11-14-45(27,44)6)63-38-35(57)36(23(50)20-60-38)64-39-33(55)31(53)29(51)24(18-48)61-39/h8,21,23-40,48-57,59H,9-20H2,1-7H3/t21?,23?,24?,25?,26?,27?,28?,29?,30?,31?,32?,33?,34?,35?,36?,37?,38?,39?,40?,43-,44+,45+,46+,47-/m0/s1. The summed E-state index contributed by atoms with van der Waals surface area (Å²) < 4.78 is 35.5. The zero-order chi connectivity index (χ0) is 47.6. The lowest BCUT2D eigenvalue weighted by Crippen LogP contribution is -2.68. The molecule has 3 saturated heterocycles. The lowest BCUT2D eigenvalue weighted by molar-refractivity contribution is -0.357. The molecular formula is C47H76O18. The number of esters is 1. The smallest absolute Gasteiger partial charge is 0.315 e. The Morgan fingerprint density at radius 1 is 0.692 bits per heavy atom. The molecule has 0 bridgehead atoms. The van der Waals surface area contributed by atoms with Gasteiger partial charge < -0.3 is 84.6 Å². The number of allylic oxidation sites excluding steroid dienone is 1. The quantitative estimate of drug-likeness (QED) is 0.0850. The fourth-order valence-corrected chi connectivity index (χ4v) is 15.0. The highest BCUT2D eigenvalue weighted by Gasteiger charge is 2.72. The van der Waals surface area contributed by atoms with E-state index in [0.29, 0.717) is 38.5 Å². The number of ether oxygens (including phenoxy) is 6. The maximum Gasteiger partial charge on any atom is 0.315 e. The zero-order valence-electron chi connectivity index (χ0n) is 38.8. The first-order valence-electron chi connectivity index (χ1n) is 23.9. The Bertz CT molecular complexity index is 1770.